The van der Waals surface area contributed by atoms with E-state index in [2.05, 4.69) is 9.97 Å². The van der Waals surface area contributed by atoms with Crippen LogP contribution >= 0.6 is 0 Å². The van der Waals surface area contributed by atoms with Gasteiger partial charge in [-0.1, -0.05) is 0 Å². The first kappa shape index (κ1) is 8.62. The molecule has 70 valence electrons. The second-order valence-corrected chi connectivity index (χ2v) is 2.89. The van der Waals surface area contributed by atoms with Crippen LogP contribution in [0, 0.1) is 6.92 Å². The predicted molar refractivity (Wildman–Crippen MR) is 50.9 cm³/mol. The molecule has 2 aromatic heterocycles. The summed E-state index contributed by atoms with van der Waals surface area (Å²) in [5, 5.41) is 0. The zero-order valence-electron chi connectivity index (χ0n) is 7.71. The quantitative estimate of drug-likeness (QED) is 0.675. The minimum atomic E-state index is -0.0811. The second kappa shape index (κ2) is 3.41. The van der Waals surface area contributed by atoms with Crippen LogP contribution in [0.3, 0.4) is 0 Å². The van der Waals surface area contributed by atoms with E-state index in [1.165, 1.54) is 4.57 Å². The van der Waals surface area contributed by atoms with Gasteiger partial charge in [-0.25, -0.2) is 4.98 Å². The third kappa shape index (κ3) is 1.42. The molecule has 4 nitrogen and oxygen atoms in total. The smallest absolute Gasteiger partial charge is 0.263 e. The Morgan fingerprint density at radius 3 is 2.57 bits per heavy atom. The van der Waals surface area contributed by atoms with Crippen LogP contribution in [0.15, 0.2) is 36.9 Å². The van der Waals surface area contributed by atoms with Crippen LogP contribution < -0.4 is 0 Å². The molecule has 0 N–H and O–H groups in total. The highest BCUT2D eigenvalue weighted by molar-refractivity contribution is 5.96. The fraction of sp³-hybridized carbons (Fsp3) is 0.100. The van der Waals surface area contributed by atoms with Crippen molar-refractivity contribution in [2.75, 3.05) is 0 Å². The van der Waals surface area contributed by atoms with Crippen molar-refractivity contribution in [2.24, 2.45) is 0 Å². The molecule has 14 heavy (non-hydrogen) atoms. The van der Waals surface area contributed by atoms with Gasteiger partial charge >= 0.3 is 0 Å². The van der Waals surface area contributed by atoms with Gasteiger partial charge in [0, 0.05) is 30.4 Å². The topological polar surface area (TPSA) is 47.8 Å². The molecule has 0 fully saturated rings. The van der Waals surface area contributed by atoms with Crippen LogP contribution in [0.5, 0.6) is 0 Å². The second-order valence-electron chi connectivity index (χ2n) is 2.89. The maximum absolute atomic E-state index is 11.8. The normalized spacial score (nSPS) is 10.1. The summed E-state index contributed by atoms with van der Waals surface area (Å²) in [4.78, 5) is 19.7. The minimum Gasteiger partial charge on any atom is -0.270 e. The van der Waals surface area contributed by atoms with Crippen molar-refractivity contribution in [3.8, 4) is 0 Å². The lowest BCUT2D eigenvalue weighted by molar-refractivity contribution is 0.0957. The van der Waals surface area contributed by atoms with E-state index in [0.29, 0.717) is 11.4 Å². The van der Waals surface area contributed by atoms with Gasteiger partial charge in [0.2, 0.25) is 0 Å². The summed E-state index contributed by atoms with van der Waals surface area (Å²) in [6.07, 6.45) is 6.45. The van der Waals surface area contributed by atoms with Gasteiger partial charge in [0.1, 0.15) is 5.82 Å². The van der Waals surface area contributed by atoms with Gasteiger partial charge in [-0.05, 0) is 19.1 Å². The van der Waals surface area contributed by atoms with Gasteiger partial charge < -0.3 is 0 Å². The largest absolute Gasteiger partial charge is 0.270 e. The lowest BCUT2D eigenvalue weighted by atomic mass is 10.2. The average Bonchev–Trinajstić information content (AvgIpc) is 2.65. The molecular weight excluding hydrogens is 178 g/mol. The Kier molecular flexibility index (Phi) is 2.10. The third-order valence-electron chi connectivity index (χ3n) is 1.97. The maximum atomic E-state index is 11.8. The van der Waals surface area contributed by atoms with Crippen LogP contribution in [0.2, 0.25) is 0 Å². The zero-order chi connectivity index (χ0) is 9.97. The molecule has 0 aliphatic rings. The molecular formula is C10H9N3O. The monoisotopic (exact) mass is 187 g/mol. The number of nitrogens with zero attached hydrogens (tertiary/aromatic N) is 3. The van der Waals surface area contributed by atoms with Crippen LogP contribution in [-0.4, -0.2) is 20.4 Å². The van der Waals surface area contributed by atoms with E-state index in [4.69, 9.17) is 0 Å². The summed E-state index contributed by atoms with van der Waals surface area (Å²) in [6, 6.07) is 3.36. The van der Waals surface area contributed by atoms with Gasteiger partial charge in [0.25, 0.3) is 5.91 Å². The van der Waals surface area contributed by atoms with Gasteiger partial charge in [-0.3, -0.25) is 14.3 Å². The number of pyridine rings is 1. The standard InChI is InChI=1S/C10H9N3O/c1-8-12-6-7-13(8)10(14)9-2-4-11-5-3-9/h2-7H,1H3. The molecule has 2 rings (SSSR count). The Labute approximate surface area is 81.2 Å². The Balaban J connectivity index is 2.39. The molecule has 0 unspecified atom stereocenters. The number of carbonyl (C=O) groups excluding carboxylic acids is 1. The summed E-state index contributed by atoms with van der Waals surface area (Å²) in [5.74, 6) is 0.606. The highest BCUT2D eigenvalue weighted by atomic mass is 16.2. The minimum absolute atomic E-state index is 0.0811. The molecule has 0 bridgehead atoms. The van der Waals surface area contributed by atoms with E-state index >= 15 is 0 Å². The lowest BCUT2D eigenvalue weighted by Gasteiger charge is -2.02. The van der Waals surface area contributed by atoms with E-state index in [0.717, 1.165) is 0 Å². The fourth-order valence-electron chi connectivity index (χ4n) is 1.23. The summed E-state index contributed by atoms with van der Waals surface area (Å²) in [7, 11) is 0. The maximum Gasteiger partial charge on any atom is 0.263 e. The van der Waals surface area contributed by atoms with Crippen LogP contribution in [-0.2, 0) is 0 Å². The molecule has 0 amide bonds. The molecule has 0 radical (unpaired) electrons. The number of imidazole rings is 1. The number of aryl methyl sites for hydroxylation is 1. The highest BCUT2D eigenvalue weighted by Crippen LogP contribution is 2.03. The number of hydrogen-bond donors (Lipinski definition) is 0. The van der Waals surface area contributed by atoms with E-state index in [9.17, 15) is 4.79 Å². The van der Waals surface area contributed by atoms with Crippen molar-refractivity contribution in [3.63, 3.8) is 0 Å². The Hall–Kier alpha value is -1.97. The summed E-state index contributed by atoms with van der Waals surface area (Å²) < 4.78 is 1.51. The average molecular weight is 187 g/mol. The Bertz CT molecular complexity index is 447. The van der Waals surface area contributed by atoms with Crippen LogP contribution in [0.1, 0.15) is 16.2 Å². The Morgan fingerprint density at radius 2 is 2.00 bits per heavy atom. The molecule has 2 aromatic rings. The summed E-state index contributed by atoms with van der Waals surface area (Å²) in [5.41, 5.74) is 0.612. The molecule has 0 spiro atoms. The zero-order valence-corrected chi connectivity index (χ0v) is 7.71. The van der Waals surface area contributed by atoms with Crippen molar-refractivity contribution in [1.82, 2.24) is 14.5 Å². The van der Waals surface area contributed by atoms with Crippen molar-refractivity contribution in [1.29, 1.82) is 0 Å². The molecule has 4 heteroatoms. The van der Waals surface area contributed by atoms with E-state index in [-0.39, 0.29) is 5.91 Å². The first-order valence-corrected chi connectivity index (χ1v) is 4.24. The number of rotatable bonds is 1. The molecule has 0 aliphatic carbocycles. The van der Waals surface area contributed by atoms with Crippen molar-refractivity contribution >= 4 is 5.91 Å². The van der Waals surface area contributed by atoms with Crippen molar-refractivity contribution in [3.05, 3.63) is 48.3 Å². The number of hydrogen-bond acceptors (Lipinski definition) is 3. The van der Waals surface area contributed by atoms with Gasteiger partial charge in [0.05, 0.1) is 0 Å². The van der Waals surface area contributed by atoms with Gasteiger partial charge in [-0.15, -0.1) is 0 Å². The van der Waals surface area contributed by atoms with Crippen molar-refractivity contribution in [2.45, 2.75) is 6.92 Å². The molecule has 0 atom stereocenters. The van der Waals surface area contributed by atoms with E-state index in [1.54, 1.807) is 43.8 Å². The SMILES string of the molecule is Cc1nccn1C(=O)c1ccncc1. The van der Waals surface area contributed by atoms with Crippen molar-refractivity contribution < 1.29 is 4.79 Å². The summed E-state index contributed by atoms with van der Waals surface area (Å²) in [6.45, 7) is 1.79. The Morgan fingerprint density at radius 1 is 1.29 bits per heavy atom. The molecule has 0 aromatic carbocycles. The molecule has 0 aliphatic heterocycles. The lowest BCUT2D eigenvalue weighted by Crippen LogP contribution is -2.12. The first-order valence-electron chi connectivity index (χ1n) is 4.24. The summed E-state index contributed by atoms with van der Waals surface area (Å²) >= 11 is 0. The van der Waals surface area contributed by atoms with Gasteiger partial charge in [0.15, 0.2) is 0 Å². The highest BCUT2D eigenvalue weighted by Gasteiger charge is 2.09. The van der Waals surface area contributed by atoms with E-state index < -0.39 is 0 Å². The number of carbonyl (C=O) groups is 1. The third-order valence-corrected chi connectivity index (χ3v) is 1.97. The van der Waals surface area contributed by atoms with Gasteiger partial charge in [-0.2, -0.15) is 0 Å². The van der Waals surface area contributed by atoms with Crippen LogP contribution in [0.4, 0.5) is 0 Å². The van der Waals surface area contributed by atoms with E-state index in [1.807, 2.05) is 0 Å². The first-order chi connectivity index (χ1) is 6.79. The molecule has 2 heterocycles. The molecule has 0 saturated carbocycles. The fourth-order valence-corrected chi connectivity index (χ4v) is 1.23. The molecule has 0 saturated heterocycles. The van der Waals surface area contributed by atoms with Crippen LogP contribution in [0.25, 0.3) is 0 Å². The predicted octanol–water partition coefficient (Wildman–Crippen LogP) is 1.28. The number of aromatic nitrogens is 3.